The van der Waals surface area contributed by atoms with Gasteiger partial charge in [-0.3, -0.25) is 4.72 Å². The maximum atomic E-state index is 12.0. The Morgan fingerprint density at radius 3 is 2.72 bits per heavy atom. The largest absolute Gasteiger partial charge is 0.398 e. The summed E-state index contributed by atoms with van der Waals surface area (Å²) in [7, 11) is -3.62. The quantitative estimate of drug-likeness (QED) is 0.853. The van der Waals surface area contributed by atoms with Crippen LogP contribution in [-0.4, -0.2) is 13.4 Å². The Hall–Kier alpha value is -1.31. The van der Waals surface area contributed by atoms with E-state index >= 15 is 0 Å². The number of nitrogens with two attached hydrogens (primary N) is 1. The van der Waals surface area contributed by atoms with E-state index in [9.17, 15) is 8.42 Å². The van der Waals surface area contributed by atoms with E-state index in [-0.39, 0.29) is 4.21 Å². The number of thiophene rings is 1. The lowest BCUT2D eigenvalue weighted by atomic mass is 10.3. The third-order valence-electron chi connectivity index (χ3n) is 2.13. The van der Waals surface area contributed by atoms with Crippen molar-refractivity contribution in [2.75, 3.05) is 10.5 Å². The monoisotopic (exact) mass is 303 g/mol. The van der Waals surface area contributed by atoms with Crippen molar-refractivity contribution in [3.05, 3.63) is 34.4 Å². The first-order valence-electron chi connectivity index (χ1n) is 4.87. The molecular weight excluding hydrogens is 294 g/mol. The molecule has 0 spiro atoms. The van der Waals surface area contributed by atoms with E-state index < -0.39 is 10.0 Å². The summed E-state index contributed by atoms with van der Waals surface area (Å²) in [6.45, 7) is 1.75. The molecule has 0 saturated heterocycles. The lowest BCUT2D eigenvalue weighted by molar-refractivity contribution is 0.603. The predicted octanol–water partition coefficient (Wildman–Crippen LogP) is 2.49. The van der Waals surface area contributed by atoms with Crippen LogP contribution in [0.5, 0.6) is 0 Å². The van der Waals surface area contributed by atoms with Gasteiger partial charge >= 0.3 is 0 Å². The van der Waals surface area contributed by atoms with Gasteiger partial charge in [0.25, 0.3) is 10.0 Å². The number of halogens is 1. The Kier molecular flexibility index (Phi) is 3.47. The minimum Gasteiger partial charge on any atom is -0.398 e. The fourth-order valence-electron chi connectivity index (χ4n) is 1.29. The van der Waals surface area contributed by atoms with Crippen molar-refractivity contribution in [2.45, 2.75) is 11.1 Å². The highest BCUT2D eigenvalue weighted by molar-refractivity contribution is 7.94. The summed E-state index contributed by atoms with van der Waals surface area (Å²) in [4.78, 5) is 3.88. The van der Waals surface area contributed by atoms with Gasteiger partial charge in [-0.2, -0.15) is 0 Å². The molecule has 5 nitrogen and oxygen atoms in total. The molecule has 8 heteroatoms. The van der Waals surface area contributed by atoms with Crippen LogP contribution in [0.25, 0.3) is 0 Å². The van der Waals surface area contributed by atoms with Gasteiger partial charge in [0, 0.05) is 11.1 Å². The Bertz CT molecular complexity index is 682. The fourth-order valence-corrected chi connectivity index (χ4v) is 3.51. The minimum atomic E-state index is -3.62. The third kappa shape index (κ3) is 2.74. The van der Waals surface area contributed by atoms with E-state index in [1.54, 1.807) is 18.4 Å². The van der Waals surface area contributed by atoms with Gasteiger partial charge in [0.15, 0.2) is 0 Å². The first-order valence-corrected chi connectivity index (χ1v) is 7.61. The van der Waals surface area contributed by atoms with Crippen LogP contribution in [0.1, 0.15) is 5.56 Å². The molecule has 3 N–H and O–H groups in total. The lowest BCUT2D eigenvalue weighted by Gasteiger charge is -2.06. The molecule has 0 radical (unpaired) electrons. The maximum Gasteiger partial charge on any atom is 0.271 e. The number of anilines is 2. The van der Waals surface area contributed by atoms with Gasteiger partial charge in [-0.1, -0.05) is 11.6 Å². The zero-order valence-electron chi connectivity index (χ0n) is 9.34. The summed E-state index contributed by atoms with van der Waals surface area (Å²) >= 11 is 6.83. The van der Waals surface area contributed by atoms with E-state index in [0.29, 0.717) is 22.1 Å². The summed E-state index contributed by atoms with van der Waals surface area (Å²) < 4.78 is 26.6. The first-order chi connectivity index (χ1) is 8.38. The van der Waals surface area contributed by atoms with E-state index in [1.807, 2.05) is 0 Å². The lowest BCUT2D eigenvalue weighted by Crippen LogP contribution is -2.11. The van der Waals surface area contributed by atoms with E-state index in [0.717, 1.165) is 11.3 Å². The van der Waals surface area contributed by atoms with Crippen molar-refractivity contribution >= 4 is 44.3 Å². The number of hydrogen-bond donors (Lipinski definition) is 2. The van der Waals surface area contributed by atoms with Crippen LogP contribution >= 0.6 is 22.9 Å². The molecule has 0 aliphatic heterocycles. The van der Waals surface area contributed by atoms with Crippen LogP contribution in [0.15, 0.2) is 27.9 Å². The van der Waals surface area contributed by atoms with Gasteiger partial charge < -0.3 is 5.73 Å². The number of nitrogens with zero attached hydrogens (tertiary/aromatic N) is 1. The highest BCUT2D eigenvalue weighted by Gasteiger charge is 2.16. The number of pyridine rings is 1. The Balaban J connectivity index is 2.30. The van der Waals surface area contributed by atoms with E-state index in [2.05, 4.69) is 9.71 Å². The molecule has 0 unspecified atom stereocenters. The van der Waals surface area contributed by atoms with Crippen LogP contribution in [0.4, 0.5) is 11.4 Å². The number of rotatable bonds is 3. The molecule has 0 bridgehead atoms. The summed E-state index contributed by atoms with van der Waals surface area (Å²) in [5.41, 5.74) is 6.98. The second kappa shape index (κ2) is 4.75. The molecule has 0 saturated carbocycles. The summed E-state index contributed by atoms with van der Waals surface area (Å²) in [6.07, 6.45) is 1.36. The second-order valence-corrected chi connectivity index (χ2v) is 6.81. The van der Waals surface area contributed by atoms with Gasteiger partial charge in [-0.05, 0) is 24.6 Å². The molecule has 0 atom stereocenters. The topological polar surface area (TPSA) is 85.1 Å². The van der Waals surface area contributed by atoms with Crippen LogP contribution in [0.3, 0.4) is 0 Å². The fraction of sp³-hybridized carbons (Fsp3) is 0.100. The molecule has 0 amide bonds. The van der Waals surface area contributed by atoms with Crippen LogP contribution < -0.4 is 10.5 Å². The average Bonchev–Trinajstić information content (AvgIpc) is 2.71. The highest BCUT2D eigenvalue weighted by Crippen LogP contribution is 2.25. The third-order valence-corrected chi connectivity index (χ3v) is 5.36. The SMILES string of the molecule is Cc1cc(NS(=O)(=O)c2cc(N)cs2)cnc1Cl. The van der Waals surface area contributed by atoms with Gasteiger partial charge in [-0.25, -0.2) is 13.4 Å². The molecule has 18 heavy (non-hydrogen) atoms. The second-order valence-electron chi connectivity index (χ2n) is 3.64. The smallest absolute Gasteiger partial charge is 0.271 e. The van der Waals surface area contributed by atoms with E-state index in [1.165, 1.54) is 12.3 Å². The molecule has 2 aromatic rings. The normalized spacial score (nSPS) is 11.4. The number of nitrogen functional groups attached to an aromatic ring is 1. The number of hydrogen-bond acceptors (Lipinski definition) is 5. The molecule has 2 rings (SSSR count). The molecular formula is C10H10ClN3O2S2. The van der Waals surface area contributed by atoms with Crippen molar-refractivity contribution in [3.8, 4) is 0 Å². The zero-order valence-corrected chi connectivity index (χ0v) is 11.7. The zero-order chi connectivity index (χ0) is 13.3. The van der Waals surface area contributed by atoms with Crippen molar-refractivity contribution in [3.63, 3.8) is 0 Å². The minimum absolute atomic E-state index is 0.160. The van der Waals surface area contributed by atoms with Crippen molar-refractivity contribution in [2.24, 2.45) is 0 Å². The maximum absolute atomic E-state index is 12.0. The van der Waals surface area contributed by atoms with Gasteiger partial charge in [0.1, 0.15) is 9.36 Å². The summed E-state index contributed by atoms with van der Waals surface area (Å²) in [5, 5.41) is 1.92. The summed E-state index contributed by atoms with van der Waals surface area (Å²) in [5.74, 6) is 0. The Morgan fingerprint density at radius 2 is 2.17 bits per heavy atom. The number of nitrogens with one attached hydrogen (secondary N) is 1. The number of aromatic nitrogens is 1. The predicted molar refractivity (Wildman–Crippen MR) is 73.5 cm³/mol. The molecule has 2 aromatic heterocycles. The molecule has 0 fully saturated rings. The molecule has 96 valence electrons. The standard InChI is InChI=1S/C10H10ClN3O2S2/c1-6-2-8(4-13-10(6)11)14-18(15,16)9-3-7(12)5-17-9/h2-5,14H,12H2,1H3. The molecule has 0 aliphatic carbocycles. The summed E-state index contributed by atoms with van der Waals surface area (Å²) in [6, 6.07) is 3.02. The highest BCUT2D eigenvalue weighted by atomic mass is 35.5. The molecule has 0 aliphatic rings. The Morgan fingerprint density at radius 1 is 1.44 bits per heavy atom. The Labute approximate surface area is 114 Å². The van der Waals surface area contributed by atoms with Gasteiger partial charge in [0.2, 0.25) is 0 Å². The van der Waals surface area contributed by atoms with Crippen LogP contribution in [0.2, 0.25) is 5.15 Å². The average molecular weight is 304 g/mol. The van der Waals surface area contributed by atoms with Gasteiger partial charge in [0.05, 0.1) is 11.9 Å². The first kappa shape index (κ1) is 13.1. The van der Waals surface area contributed by atoms with Crippen LogP contribution in [-0.2, 0) is 10.0 Å². The van der Waals surface area contributed by atoms with Gasteiger partial charge in [-0.15, -0.1) is 11.3 Å². The molecule has 0 aromatic carbocycles. The molecule has 2 heterocycles. The number of aryl methyl sites for hydroxylation is 1. The van der Waals surface area contributed by atoms with Crippen molar-refractivity contribution in [1.29, 1.82) is 0 Å². The van der Waals surface area contributed by atoms with Crippen LogP contribution in [0, 0.1) is 6.92 Å². The van der Waals surface area contributed by atoms with E-state index in [4.69, 9.17) is 17.3 Å². The number of sulfonamides is 1. The van der Waals surface area contributed by atoms with Crippen molar-refractivity contribution < 1.29 is 8.42 Å². The van der Waals surface area contributed by atoms with Crippen molar-refractivity contribution in [1.82, 2.24) is 4.98 Å².